The Morgan fingerprint density at radius 2 is 1.68 bits per heavy atom. The second-order valence-corrected chi connectivity index (χ2v) is 7.36. The number of amides is 2. The minimum atomic E-state index is -0.493. The second-order valence-electron chi connectivity index (χ2n) is 6.48. The molecule has 2 N–H and O–H groups in total. The molecule has 2 aromatic carbocycles. The van der Waals surface area contributed by atoms with Gasteiger partial charge in [0, 0.05) is 23.6 Å². The molecule has 3 aromatic rings. The highest BCUT2D eigenvalue weighted by molar-refractivity contribution is 7.15. The van der Waals surface area contributed by atoms with Gasteiger partial charge in [-0.25, -0.2) is 4.79 Å². The van der Waals surface area contributed by atoms with Crippen LogP contribution in [0.15, 0.2) is 60.0 Å². The highest BCUT2D eigenvalue weighted by Gasteiger charge is 2.22. The summed E-state index contributed by atoms with van der Waals surface area (Å²) >= 11 is 1.25. The average Bonchev–Trinajstić information content (AvgIpc) is 3.17. The SMILES string of the molecule is CCOC(=O)c1c(-c2ccccc2)csc1NC(=O)COc1ccc(NC(C)=O)cc1. The van der Waals surface area contributed by atoms with E-state index in [0.29, 0.717) is 27.6 Å². The lowest BCUT2D eigenvalue weighted by molar-refractivity contribution is -0.118. The number of carbonyl (C=O) groups excluding carboxylic acids is 3. The summed E-state index contributed by atoms with van der Waals surface area (Å²) in [6.07, 6.45) is 0. The van der Waals surface area contributed by atoms with Gasteiger partial charge in [-0.2, -0.15) is 0 Å². The van der Waals surface area contributed by atoms with Crippen LogP contribution in [0.4, 0.5) is 10.7 Å². The van der Waals surface area contributed by atoms with Crippen LogP contribution in [0, 0.1) is 0 Å². The van der Waals surface area contributed by atoms with Crippen molar-refractivity contribution in [3.63, 3.8) is 0 Å². The van der Waals surface area contributed by atoms with E-state index in [4.69, 9.17) is 9.47 Å². The van der Waals surface area contributed by atoms with Gasteiger partial charge < -0.3 is 20.1 Å². The molecule has 2 amide bonds. The molecule has 0 unspecified atom stereocenters. The summed E-state index contributed by atoms with van der Waals surface area (Å²) in [5, 5.41) is 7.63. The van der Waals surface area contributed by atoms with Crippen molar-refractivity contribution in [1.82, 2.24) is 0 Å². The lowest BCUT2D eigenvalue weighted by Gasteiger charge is -2.10. The monoisotopic (exact) mass is 438 g/mol. The Labute approximate surface area is 184 Å². The van der Waals surface area contributed by atoms with Crippen LogP contribution in [0.5, 0.6) is 5.75 Å². The van der Waals surface area contributed by atoms with E-state index in [1.807, 2.05) is 35.7 Å². The number of hydrogen-bond donors (Lipinski definition) is 2. The van der Waals surface area contributed by atoms with Gasteiger partial charge in [-0.3, -0.25) is 9.59 Å². The van der Waals surface area contributed by atoms with Gasteiger partial charge in [-0.15, -0.1) is 11.3 Å². The van der Waals surface area contributed by atoms with Crippen LogP contribution in [0.25, 0.3) is 11.1 Å². The van der Waals surface area contributed by atoms with E-state index in [9.17, 15) is 14.4 Å². The first-order valence-electron chi connectivity index (χ1n) is 9.62. The third kappa shape index (κ3) is 5.93. The largest absolute Gasteiger partial charge is 0.484 e. The highest BCUT2D eigenvalue weighted by atomic mass is 32.1. The maximum Gasteiger partial charge on any atom is 0.341 e. The minimum absolute atomic E-state index is 0.170. The third-order valence-electron chi connectivity index (χ3n) is 4.15. The molecule has 8 heteroatoms. The molecule has 3 rings (SSSR count). The average molecular weight is 439 g/mol. The van der Waals surface area contributed by atoms with Crippen LogP contribution in [0.3, 0.4) is 0 Å². The Morgan fingerprint density at radius 3 is 2.32 bits per heavy atom. The molecule has 31 heavy (non-hydrogen) atoms. The topological polar surface area (TPSA) is 93.7 Å². The summed E-state index contributed by atoms with van der Waals surface area (Å²) in [5.74, 6) is -0.590. The fourth-order valence-electron chi connectivity index (χ4n) is 2.84. The van der Waals surface area contributed by atoms with Crippen LogP contribution in [-0.4, -0.2) is 31.0 Å². The number of esters is 1. The van der Waals surface area contributed by atoms with Gasteiger partial charge in [0.15, 0.2) is 6.61 Å². The van der Waals surface area contributed by atoms with Crippen molar-refractivity contribution in [1.29, 1.82) is 0 Å². The van der Waals surface area contributed by atoms with Gasteiger partial charge in [0.25, 0.3) is 5.91 Å². The van der Waals surface area contributed by atoms with E-state index in [2.05, 4.69) is 10.6 Å². The molecule has 0 aliphatic carbocycles. The van der Waals surface area contributed by atoms with Crippen LogP contribution in [0.2, 0.25) is 0 Å². The predicted molar refractivity (Wildman–Crippen MR) is 121 cm³/mol. The molecule has 1 aromatic heterocycles. The number of hydrogen-bond acceptors (Lipinski definition) is 6. The van der Waals surface area contributed by atoms with Gasteiger partial charge >= 0.3 is 5.97 Å². The summed E-state index contributed by atoms with van der Waals surface area (Å²) in [6.45, 7) is 3.15. The number of benzene rings is 2. The van der Waals surface area contributed by atoms with E-state index < -0.39 is 11.9 Å². The van der Waals surface area contributed by atoms with Crippen LogP contribution in [0.1, 0.15) is 24.2 Å². The number of ether oxygens (including phenoxy) is 2. The van der Waals surface area contributed by atoms with Crippen molar-refractivity contribution in [2.75, 3.05) is 23.8 Å². The molecule has 0 saturated heterocycles. The van der Waals surface area contributed by atoms with Crippen molar-refractivity contribution in [3.8, 4) is 16.9 Å². The molecule has 0 aliphatic heterocycles. The van der Waals surface area contributed by atoms with Crippen molar-refractivity contribution in [3.05, 3.63) is 65.5 Å². The molecule has 0 aliphatic rings. The van der Waals surface area contributed by atoms with E-state index in [0.717, 1.165) is 5.56 Å². The van der Waals surface area contributed by atoms with Gasteiger partial charge in [-0.05, 0) is 36.8 Å². The molecule has 7 nitrogen and oxygen atoms in total. The first-order valence-corrected chi connectivity index (χ1v) is 10.5. The quantitative estimate of drug-likeness (QED) is 0.503. The fourth-order valence-corrected chi connectivity index (χ4v) is 3.81. The summed E-state index contributed by atoms with van der Waals surface area (Å²) in [6, 6.07) is 16.1. The molecule has 0 fully saturated rings. The Kier molecular flexibility index (Phi) is 7.40. The first-order chi connectivity index (χ1) is 15.0. The fraction of sp³-hybridized carbons (Fsp3) is 0.174. The Balaban J connectivity index is 1.70. The van der Waals surface area contributed by atoms with Crippen LogP contribution >= 0.6 is 11.3 Å². The first kappa shape index (κ1) is 22.0. The summed E-state index contributed by atoms with van der Waals surface area (Å²) in [5.41, 5.74) is 2.52. The van der Waals surface area contributed by atoms with Gasteiger partial charge in [0.1, 0.15) is 16.3 Å². The number of rotatable bonds is 8. The Bertz CT molecular complexity index is 1060. The van der Waals surface area contributed by atoms with E-state index in [-0.39, 0.29) is 19.1 Å². The van der Waals surface area contributed by atoms with Crippen LogP contribution in [-0.2, 0) is 14.3 Å². The predicted octanol–water partition coefficient (Wildman–Crippen LogP) is 4.57. The smallest absolute Gasteiger partial charge is 0.341 e. The molecule has 1 heterocycles. The van der Waals surface area contributed by atoms with E-state index in [1.54, 1.807) is 31.2 Å². The molecular weight excluding hydrogens is 416 g/mol. The van der Waals surface area contributed by atoms with E-state index in [1.165, 1.54) is 18.3 Å². The number of nitrogens with one attached hydrogen (secondary N) is 2. The van der Waals surface area contributed by atoms with Crippen molar-refractivity contribution in [2.24, 2.45) is 0 Å². The molecule has 160 valence electrons. The minimum Gasteiger partial charge on any atom is -0.484 e. The van der Waals surface area contributed by atoms with Crippen molar-refractivity contribution >= 4 is 39.8 Å². The molecule has 0 saturated carbocycles. The summed E-state index contributed by atoms with van der Waals surface area (Å²) in [7, 11) is 0. The second kappa shape index (κ2) is 10.4. The Hall–Kier alpha value is -3.65. The lowest BCUT2D eigenvalue weighted by atomic mass is 10.0. The highest BCUT2D eigenvalue weighted by Crippen LogP contribution is 2.36. The van der Waals surface area contributed by atoms with Crippen LogP contribution < -0.4 is 15.4 Å². The molecular formula is C23H22N2O5S. The molecule has 0 atom stereocenters. The normalized spacial score (nSPS) is 10.3. The maximum atomic E-state index is 12.6. The molecule has 0 radical (unpaired) electrons. The number of anilines is 2. The third-order valence-corrected chi connectivity index (χ3v) is 5.05. The lowest BCUT2D eigenvalue weighted by Crippen LogP contribution is -2.21. The van der Waals surface area contributed by atoms with Crippen molar-refractivity contribution in [2.45, 2.75) is 13.8 Å². The van der Waals surface area contributed by atoms with E-state index >= 15 is 0 Å². The number of thiophene rings is 1. The summed E-state index contributed by atoms with van der Waals surface area (Å²) < 4.78 is 10.7. The molecule has 0 bridgehead atoms. The van der Waals surface area contributed by atoms with Gasteiger partial charge in [0.05, 0.1) is 6.61 Å². The van der Waals surface area contributed by atoms with Gasteiger partial charge in [0.2, 0.25) is 5.91 Å². The Morgan fingerprint density at radius 1 is 0.968 bits per heavy atom. The maximum absolute atomic E-state index is 12.6. The standard InChI is InChI=1S/C23H22N2O5S/c1-3-29-23(28)21-19(16-7-5-4-6-8-16)14-31-22(21)25-20(27)13-30-18-11-9-17(10-12-18)24-15(2)26/h4-12,14H,3,13H2,1-2H3,(H,24,26)(H,25,27). The molecule has 0 spiro atoms. The van der Waals surface area contributed by atoms with Gasteiger partial charge in [-0.1, -0.05) is 30.3 Å². The number of carbonyl (C=O) groups is 3. The van der Waals surface area contributed by atoms with Crippen molar-refractivity contribution < 1.29 is 23.9 Å². The zero-order valence-electron chi connectivity index (χ0n) is 17.1. The zero-order valence-corrected chi connectivity index (χ0v) is 18.0. The summed E-state index contributed by atoms with van der Waals surface area (Å²) in [4.78, 5) is 36.1. The zero-order chi connectivity index (χ0) is 22.2.